The summed E-state index contributed by atoms with van der Waals surface area (Å²) in [6, 6.07) is 14.5. The summed E-state index contributed by atoms with van der Waals surface area (Å²) >= 11 is 5.83. The van der Waals surface area contributed by atoms with Gasteiger partial charge in [-0.1, -0.05) is 23.7 Å². The van der Waals surface area contributed by atoms with E-state index in [4.69, 9.17) is 21.1 Å². The molecule has 1 amide bonds. The summed E-state index contributed by atoms with van der Waals surface area (Å²) in [5, 5.41) is 10.3. The number of carbonyl (C=O) groups excluding carboxylic acids is 1. The number of hydrogen-bond acceptors (Lipinski definition) is 5. The molecule has 8 heteroatoms. The van der Waals surface area contributed by atoms with E-state index in [1.807, 2.05) is 24.3 Å². The molecule has 27 heavy (non-hydrogen) atoms. The summed E-state index contributed by atoms with van der Waals surface area (Å²) in [6.07, 6.45) is 0.0909. The average molecular weight is 387 g/mol. The molecule has 2 N–H and O–H groups in total. The summed E-state index contributed by atoms with van der Waals surface area (Å²) in [7, 11) is 1.61. The highest BCUT2D eigenvalue weighted by Crippen LogP contribution is 2.16. The maximum atomic E-state index is 12.1. The molecule has 0 aliphatic heterocycles. The van der Waals surface area contributed by atoms with E-state index in [1.54, 1.807) is 31.4 Å². The number of benzene rings is 2. The molecule has 0 saturated carbocycles. The largest absolute Gasteiger partial charge is 0.497 e. The fourth-order valence-corrected chi connectivity index (χ4v) is 2.44. The fraction of sp³-hybridized carbons (Fsp3) is 0.211. The molecule has 2 aromatic carbocycles. The molecule has 3 rings (SSSR count). The first-order chi connectivity index (χ1) is 13.1. The van der Waals surface area contributed by atoms with Gasteiger partial charge in [0.05, 0.1) is 13.5 Å². The minimum atomic E-state index is -0.157. The van der Waals surface area contributed by atoms with Crippen LogP contribution in [0, 0.1) is 0 Å². The quantitative estimate of drug-likeness (QED) is 0.621. The van der Waals surface area contributed by atoms with Crippen LogP contribution in [0.1, 0.15) is 17.2 Å². The van der Waals surface area contributed by atoms with Crippen LogP contribution in [-0.2, 0) is 24.4 Å². The van der Waals surface area contributed by atoms with Crippen LogP contribution in [0.25, 0.3) is 0 Å². The van der Waals surface area contributed by atoms with Crippen LogP contribution in [0.4, 0.5) is 0 Å². The highest BCUT2D eigenvalue weighted by molar-refractivity contribution is 6.30. The molecule has 3 aromatic rings. The normalized spacial score (nSPS) is 10.4. The number of hydrogen-bond donors (Lipinski definition) is 2. The van der Waals surface area contributed by atoms with Gasteiger partial charge in [-0.05, 0) is 42.0 Å². The van der Waals surface area contributed by atoms with Crippen LogP contribution in [0.5, 0.6) is 11.5 Å². The Bertz CT molecular complexity index is 879. The molecular formula is C19H19ClN4O3. The van der Waals surface area contributed by atoms with Crippen molar-refractivity contribution in [3.63, 3.8) is 0 Å². The zero-order chi connectivity index (χ0) is 19.1. The number of amides is 1. The van der Waals surface area contributed by atoms with Gasteiger partial charge in [0.1, 0.15) is 18.1 Å². The van der Waals surface area contributed by atoms with Crippen molar-refractivity contribution in [1.82, 2.24) is 20.5 Å². The van der Waals surface area contributed by atoms with Gasteiger partial charge in [0.25, 0.3) is 0 Å². The molecule has 0 fully saturated rings. The third-order valence-electron chi connectivity index (χ3n) is 3.73. The SMILES string of the molecule is COc1ccc(CNC(=O)Cc2n[nH]c(COc3ccc(Cl)cc3)n2)cc1. The maximum absolute atomic E-state index is 12.1. The molecule has 0 aliphatic rings. The Labute approximate surface area is 161 Å². The van der Waals surface area contributed by atoms with Gasteiger partial charge in [0.2, 0.25) is 5.91 Å². The first kappa shape index (κ1) is 18.7. The van der Waals surface area contributed by atoms with Crippen molar-refractivity contribution < 1.29 is 14.3 Å². The van der Waals surface area contributed by atoms with Gasteiger partial charge in [0, 0.05) is 11.6 Å². The summed E-state index contributed by atoms with van der Waals surface area (Å²) < 4.78 is 10.7. The minimum absolute atomic E-state index is 0.0909. The Hall–Kier alpha value is -3.06. The van der Waals surface area contributed by atoms with E-state index < -0.39 is 0 Å². The van der Waals surface area contributed by atoms with Crippen molar-refractivity contribution in [3.05, 3.63) is 70.8 Å². The summed E-state index contributed by atoms with van der Waals surface area (Å²) in [4.78, 5) is 16.3. The number of halogens is 1. The lowest BCUT2D eigenvalue weighted by atomic mass is 10.2. The van der Waals surface area contributed by atoms with E-state index >= 15 is 0 Å². The lowest BCUT2D eigenvalue weighted by Crippen LogP contribution is -2.25. The lowest BCUT2D eigenvalue weighted by molar-refractivity contribution is -0.120. The first-order valence-corrected chi connectivity index (χ1v) is 8.68. The van der Waals surface area contributed by atoms with Gasteiger partial charge >= 0.3 is 0 Å². The number of rotatable bonds is 8. The van der Waals surface area contributed by atoms with E-state index in [-0.39, 0.29) is 18.9 Å². The number of aromatic nitrogens is 3. The molecule has 0 bridgehead atoms. The predicted octanol–water partition coefficient (Wildman–Crippen LogP) is 2.90. The van der Waals surface area contributed by atoms with Gasteiger partial charge < -0.3 is 14.8 Å². The van der Waals surface area contributed by atoms with Gasteiger partial charge in [-0.15, -0.1) is 0 Å². The summed E-state index contributed by atoms with van der Waals surface area (Å²) in [6.45, 7) is 0.655. The summed E-state index contributed by atoms with van der Waals surface area (Å²) in [5.41, 5.74) is 0.983. The number of nitrogens with one attached hydrogen (secondary N) is 2. The van der Waals surface area contributed by atoms with Crippen molar-refractivity contribution in [2.75, 3.05) is 7.11 Å². The summed E-state index contributed by atoms with van der Waals surface area (Å²) in [5.74, 6) is 2.25. The standard InChI is InChI=1S/C19H19ClN4O3/c1-26-15-6-2-13(3-7-15)11-21-19(25)10-17-22-18(24-23-17)12-27-16-8-4-14(20)5-9-16/h2-9H,10-12H2,1H3,(H,21,25)(H,22,23,24). The number of H-pyrrole nitrogens is 1. The number of methoxy groups -OCH3 is 1. The van der Waals surface area contributed by atoms with Crippen LogP contribution in [0.15, 0.2) is 48.5 Å². The van der Waals surface area contributed by atoms with Crippen molar-refractivity contribution in [1.29, 1.82) is 0 Å². The predicted molar refractivity (Wildman–Crippen MR) is 101 cm³/mol. The Kier molecular flexibility index (Phi) is 6.27. The van der Waals surface area contributed by atoms with Crippen LogP contribution in [0.2, 0.25) is 5.02 Å². The Morgan fingerprint density at radius 1 is 1.11 bits per heavy atom. The second-order valence-electron chi connectivity index (χ2n) is 5.74. The molecule has 0 aliphatic carbocycles. The molecule has 0 saturated heterocycles. The molecule has 0 unspecified atom stereocenters. The van der Waals surface area contributed by atoms with Gasteiger partial charge in [0.15, 0.2) is 11.6 Å². The van der Waals surface area contributed by atoms with Crippen LogP contribution >= 0.6 is 11.6 Å². The smallest absolute Gasteiger partial charge is 0.228 e. The Morgan fingerprint density at radius 2 is 1.81 bits per heavy atom. The molecule has 0 atom stereocenters. The maximum Gasteiger partial charge on any atom is 0.228 e. The Balaban J connectivity index is 1.44. The molecule has 0 spiro atoms. The third-order valence-corrected chi connectivity index (χ3v) is 3.99. The van der Waals surface area contributed by atoms with E-state index in [0.717, 1.165) is 11.3 Å². The monoisotopic (exact) mass is 386 g/mol. The van der Waals surface area contributed by atoms with Crippen LogP contribution in [-0.4, -0.2) is 28.2 Å². The Morgan fingerprint density at radius 3 is 2.52 bits per heavy atom. The zero-order valence-electron chi connectivity index (χ0n) is 14.7. The van der Waals surface area contributed by atoms with E-state index in [0.29, 0.717) is 29.0 Å². The highest BCUT2D eigenvalue weighted by atomic mass is 35.5. The topological polar surface area (TPSA) is 89.1 Å². The minimum Gasteiger partial charge on any atom is -0.497 e. The van der Waals surface area contributed by atoms with Crippen molar-refractivity contribution >= 4 is 17.5 Å². The number of carbonyl (C=O) groups is 1. The molecular weight excluding hydrogens is 368 g/mol. The lowest BCUT2D eigenvalue weighted by Gasteiger charge is -2.05. The van der Waals surface area contributed by atoms with E-state index in [2.05, 4.69) is 20.5 Å². The van der Waals surface area contributed by atoms with Gasteiger partial charge in [-0.25, -0.2) is 4.98 Å². The first-order valence-electron chi connectivity index (χ1n) is 8.30. The van der Waals surface area contributed by atoms with Crippen molar-refractivity contribution in [3.8, 4) is 11.5 Å². The van der Waals surface area contributed by atoms with Gasteiger partial charge in [-0.3, -0.25) is 9.89 Å². The van der Waals surface area contributed by atoms with Gasteiger partial charge in [-0.2, -0.15) is 5.10 Å². The van der Waals surface area contributed by atoms with Crippen molar-refractivity contribution in [2.45, 2.75) is 19.6 Å². The average Bonchev–Trinajstić information content (AvgIpc) is 3.13. The molecule has 140 valence electrons. The molecule has 1 heterocycles. The number of nitrogens with zero attached hydrogens (tertiary/aromatic N) is 2. The van der Waals surface area contributed by atoms with Crippen molar-refractivity contribution in [2.24, 2.45) is 0 Å². The molecule has 1 aromatic heterocycles. The van der Waals surface area contributed by atoms with Crippen LogP contribution in [0.3, 0.4) is 0 Å². The number of ether oxygens (including phenoxy) is 2. The fourth-order valence-electron chi connectivity index (χ4n) is 2.31. The van der Waals surface area contributed by atoms with E-state index in [1.165, 1.54) is 0 Å². The molecule has 0 radical (unpaired) electrons. The van der Waals surface area contributed by atoms with E-state index in [9.17, 15) is 4.79 Å². The zero-order valence-corrected chi connectivity index (χ0v) is 15.5. The molecule has 7 nitrogen and oxygen atoms in total. The third kappa shape index (κ3) is 5.72. The van der Waals surface area contributed by atoms with Crippen LogP contribution < -0.4 is 14.8 Å². The second kappa shape index (κ2) is 9.05. The second-order valence-corrected chi connectivity index (χ2v) is 6.18. The highest BCUT2D eigenvalue weighted by Gasteiger charge is 2.09. The number of aromatic amines is 1.